The van der Waals surface area contributed by atoms with Crippen molar-refractivity contribution in [3.8, 4) is 0 Å². The summed E-state index contributed by atoms with van der Waals surface area (Å²) in [6.45, 7) is 3.02. The quantitative estimate of drug-likeness (QED) is 0.324. The molecular formula is C25H25NO8S. The van der Waals surface area contributed by atoms with Crippen LogP contribution in [0.1, 0.15) is 37.5 Å². The number of hydrogen-bond acceptors (Lipinski definition) is 8. The molecule has 35 heavy (non-hydrogen) atoms. The highest BCUT2D eigenvalue weighted by molar-refractivity contribution is 7.94. The van der Waals surface area contributed by atoms with E-state index in [2.05, 4.69) is 0 Å². The van der Waals surface area contributed by atoms with E-state index in [0.717, 1.165) is 17.1 Å². The molecule has 0 unspecified atom stereocenters. The summed E-state index contributed by atoms with van der Waals surface area (Å²) in [4.78, 5) is 38.2. The minimum absolute atomic E-state index is 0.104. The lowest BCUT2D eigenvalue weighted by Gasteiger charge is -2.36. The molecule has 0 N–H and O–H groups in total. The molecule has 3 atom stereocenters. The molecule has 2 aromatic rings. The topological polar surface area (TPSA) is 116 Å². The first-order valence-corrected chi connectivity index (χ1v) is 12.6. The number of benzene rings is 2. The van der Waals surface area contributed by atoms with Gasteiger partial charge in [-0.1, -0.05) is 66.7 Å². The fourth-order valence-corrected chi connectivity index (χ4v) is 6.40. The van der Waals surface area contributed by atoms with Crippen LogP contribution in [0.5, 0.6) is 0 Å². The summed E-state index contributed by atoms with van der Waals surface area (Å²) < 4.78 is 40.5. The third kappa shape index (κ3) is 4.41. The number of carbonyl (C=O) groups is 3. The highest BCUT2D eigenvalue weighted by Gasteiger charge is 2.68. The molecule has 0 bridgehead atoms. The predicted octanol–water partition coefficient (Wildman–Crippen LogP) is 3.12. The molecule has 2 fully saturated rings. The zero-order valence-corrected chi connectivity index (χ0v) is 20.0. The summed E-state index contributed by atoms with van der Waals surface area (Å²) in [5.74, 6) is -1.23. The molecule has 2 aliphatic rings. The van der Waals surface area contributed by atoms with E-state index in [0.29, 0.717) is 11.1 Å². The van der Waals surface area contributed by atoms with Crippen molar-refractivity contribution in [2.45, 2.75) is 42.7 Å². The van der Waals surface area contributed by atoms with Gasteiger partial charge in [-0.3, -0.25) is 9.69 Å². The van der Waals surface area contributed by atoms with E-state index in [9.17, 15) is 22.8 Å². The van der Waals surface area contributed by atoms with Crippen LogP contribution in [0.4, 0.5) is 4.79 Å². The molecule has 0 spiro atoms. The van der Waals surface area contributed by atoms with E-state index in [1.165, 1.54) is 6.92 Å². The highest BCUT2D eigenvalue weighted by atomic mass is 32.2. The zero-order valence-electron chi connectivity index (χ0n) is 19.2. The third-order valence-electron chi connectivity index (χ3n) is 6.13. The van der Waals surface area contributed by atoms with Crippen LogP contribution >= 0.6 is 0 Å². The van der Waals surface area contributed by atoms with Crippen LogP contribution in [0.3, 0.4) is 0 Å². The van der Waals surface area contributed by atoms with E-state index >= 15 is 0 Å². The molecule has 10 heteroatoms. The number of sulfone groups is 1. The molecule has 2 saturated heterocycles. The van der Waals surface area contributed by atoms with E-state index in [1.54, 1.807) is 55.5 Å². The number of hydrogen-bond donors (Lipinski definition) is 0. The van der Waals surface area contributed by atoms with Crippen molar-refractivity contribution in [2.75, 3.05) is 6.61 Å². The summed E-state index contributed by atoms with van der Waals surface area (Å²) in [6.07, 6.45) is -1.64. The van der Waals surface area contributed by atoms with Gasteiger partial charge in [0.2, 0.25) is 12.1 Å². The van der Waals surface area contributed by atoms with Gasteiger partial charge in [-0.15, -0.1) is 0 Å². The summed E-state index contributed by atoms with van der Waals surface area (Å²) in [6, 6.07) is 18.0. The van der Waals surface area contributed by atoms with Gasteiger partial charge in [0, 0.05) is 6.08 Å². The fraction of sp³-hybridized carbons (Fsp3) is 0.320. The Kier molecular flexibility index (Phi) is 6.66. The van der Waals surface area contributed by atoms with E-state index in [1.807, 2.05) is 12.1 Å². The van der Waals surface area contributed by atoms with Crippen molar-refractivity contribution in [3.63, 3.8) is 0 Å². The van der Waals surface area contributed by atoms with Crippen molar-refractivity contribution >= 4 is 27.9 Å². The number of β-lactam (4-membered cyclic amide) rings is 1. The van der Waals surface area contributed by atoms with Crippen LogP contribution in [0.15, 0.2) is 72.8 Å². The van der Waals surface area contributed by atoms with Gasteiger partial charge in [-0.2, -0.15) is 0 Å². The smallest absolute Gasteiger partial charge is 0.463 e. The fourth-order valence-electron chi connectivity index (χ4n) is 4.23. The molecular weight excluding hydrogens is 474 g/mol. The number of rotatable bonds is 7. The molecule has 2 aliphatic heterocycles. The molecule has 0 saturated carbocycles. The minimum Gasteiger partial charge on any atom is -0.463 e. The Hall–Kier alpha value is -3.66. The highest BCUT2D eigenvalue weighted by Crippen LogP contribution is 2.47. The zero-order chi connectivity index (χ0) is 25.2. The number of amides is 1. The third-order valence-corrected chi connectivity index (χ3v) is 8.80. The lowest BCUT2D eigenvalue weighted by atomic mass is 10.0. The lowest BCUT2D eigenvalue weighted by molar-refractivity contribution is -0.157. The lowest BCUT2D eigenvalue weighted by Crippen LogP contribution is -2.55. The molecule has 2 heterocycles. The Morgan fingerprint density at radius 2 is 1.66 bits per heavy atom. The average Bonchev–Trinajstić information content (AvgIpc) is 2.97. The summed E-state index contributed by atoms with van der Waals surface area (Å²) >= 11 is 0. The predicted molar refractivity (Wildman–Crippen MR) is 124 cm³/mol. The minimum atomic E-state index is -4.02. The molecule has 0 aromatic heterocycles. The van der Waals surface area contributed by atoms with Crippen molar-refractivity contribution in [1.29, 1.82) is 0 Å². The Bertz CT molecular complexity index is 1210. The molecule has 2 aromatic carbocycles. The van der Waals surface area contributed by atoms with Crippen molar-refractivity contribution in [2.24, 2.45) is 0 Å². The molecule has 4 rings (SSSR count). The Balaban J connectivity index is 1.63. The molecule has 0 radical (unpaired) electrons. The molecule has 9 nitrogen and oxygen atoms in total. The first-order chi connectivity index (χ1) is 16.7. The maximum atomic E-state index is 13.2. The number of carbonyl (C=O) groups excluding carboxylic acids is 3. The second-order valence-electron chi connectivity index (χ2n) is 8.31. The molecule has 184 valence electrons. The van der Waals surface area contributed by atoms with Crippen molar-refractivity contribution in [3.05, 3.63) is 83.9 Å². The van der Waals surface area contributed by atoms with Crippen molar-refractivity contribution < 1.29 is 37.0 Å². The van der Waals surface area contributed by atoms with Gasteiger partial charge < -0.3 is 14.2 Å². The average molecular weight is 500 g/mol. The first-order valence-electron chi connectivity index (χ1n) is 11.1. The molecule has 0 aliphatic carbocycles. The standard InChI is InChI=1S/C25H25NO8S/c1-3-32-21(28)14-15-25(2)23(26-19(27)16-20(26)35(25,30)31)34-24(29)33-22(17-10-6-4-7-11-17)18-12-8-5-9-13-18/h4-15,20,22-23H,3,16H2,1-2H3/b15-14+/t20-,23+,25+/m1/s1. The first kappa shape index (κ1) is 24.5. The summed E-state index contributed by atoms with van der Waals surface area (Å²) in [5.41, 5.74) is 1.36. The van der Waals surface area contributed by atoms with Crippen LogP contribution in [0.2, 0.25) is 0 Å². The monoisotopic (exact) mass is 499 g/mol. The number of ether oxygens (including phenoxy) is 3. The Morgan fingerprint density at radius 1 is 1.09 bits per heavy atom. The van der Waals surface area contributed by atoms with Crippen LogP contribution in [-0.4, -0.2) is 54.3 Å². The second-order valence-corrected chi connectivity index (χ2v) is 10.8. The molecule has 1 amide bonds. The number of nitrogens with zero attached hydrogens (tertiary/aromatic N) is 1. The number of fused-ring (bicyclic) bond motifs is 1. The van der Waals surface area contributed by atoms with Crippen LogP contribution in [0, 0.1) is 0 Å². The SMILES string of the molecule is CCOC(=O)/C=C/[C@@]1(C)[C@H](OC(=O)OC(c2ccccc2)c2ccccc2)N2C(=O)C[C@H]2S1(=O)=O. The van der Waals surface area contributed by atoms with Gasteiger partial charge in [0.25, 0.3) is 0 Å². The Morgan fingerprint density at radius 3 is 2.17 bits per heavy atom. The Labute approximate surface area is 203 Å². The van der Waals surface area contributed by atoms with Gasteiger partial charge in [-0.25, -0.2) is 18.0 Å². The van der Waals surface area contributed by atoms with Gasteiger partial charge in [0.05, 0.1) is 13.0 Å². The number of esters is 1. The van der Waals surface area contributed by atoms with Crippen molar-refractivity contribution in [1.82, 2.24) is 4.90 Å². The van der Waals surface area contributed by atoms with Gasteiger partial charge in [0.1, 0.15) is 10.1 Å². The van der Waals surface area contributed by atoms with E-state index < -0.39 is 50.3 Å². The maximum absolute atomic E-state index is 13.2. The normalized spacial score (nSPS) is 24.7. The van der Waals surface area contributed by atoms with Crippen LogP contribution in [0.25, 0.3) is 0 Å². The summed E-state index contributed by atoms with van der Waals surface area (Å²) in [7, 11) is -4.02. The van der Waals surface area contributed by atoms with Crippen LogP contribution < -0.4 is 0 Å². The largest absolute Gasteiger partial charge is 0.511 e. The maximum Gasteiger partial charge on any atom is 0.511 e. The van der Waals surface area contributed by atoms with Crippen LogP contribution in [-0.2, 0) is 33.6 Å². The van der Waals surface area contributed by atoms with E-state index in [4.69, 9.17) is 14.2 Å². The van der Waals surface area contributed by atoms with E-state index in [-0.39, 0.29) is 13.0 Å². The summed E-state index contributed by atoms with van der Waals surface area (Å²) in [5, 5.41) is -1.15. The second kappa shape index (κ2) is 9.53. The van der Waals surface area contributed by atoms with Gasteiger partial charge >= 0.3 is 12.1 Å². The van der Waals surface area contributed by atoms with Gasteiger partial charge in [-0.05, 0) is 25.0 Å². The van der Waals surface area contributed by atoms with Gasteiger partial charge in [0.15, 0.2) is 15.9 Å².